The van der Waals surface area contributed by atoms with Crippen molar-refractivity contribution in [3.8, 4) is 0 Å². The maximum Gasteiger partial charge on any atom is 0.329 e. The summed E-state index contributed by atoms with van der Waals surface area (Å²) >= 11 is 1.53. The number of rotatable bonds is 7. The molecule has 1 aromatic carbocycles. The fourth-order valence-electron chi connectivity index (χ4n) is 1.55. The minimum Gasteiger partial charge on any atom is -0.480 e. The molecule has 0 saturated carbocycles. The van der Waals surface area contributed by atoms with Gasteiger partial charge in [-0.15, -0.1) is 0 Å². The van der Waals surface area contributed by atoms with Crippen molar-refractivity contribution >= 4 is 23.6 Å². The molecule has 0 fully saturated rings. The van der Waals surface area contributed by atoms with Crippen LogP contribution in [0.3, 0.4) is 0 Å². The third-order valence-corrected chi connectivity index (χ3v) is 4.28. The van der Waals surface area contributed by atoms with Gasteiger partial charge in [-0.2, -0.15) is 11.8 Å². The number of benzene rings is 1. The van der Waals surface area contributed by atoms with Crippen LogP contribution in [0.5, 0.6) is 0 Å². The minimum absolute atomic E-state index is 0.157. The Morgan fingerprint density at radius 1 is 1.25 bits per heavy atom. The molecule has 1 aromatic rings. The van der Waals surface area contributed by atoms with E-state index in [9.17, 15) is 9.59 Å². The molecule has 1 N–H and O–H groups in total. The number of carboxylic acids is 1. The van der Waals surface area contributed by atoms with E-state index in [-0.39, 0.29) is 5.91 Å². The number of aliphatic carboxylic acids is 1. The van der Waals surface area contributed by atoms with E-state index < -0.39 is 11.5 Å². The Hall–Kier alpha value is -1.49. The van der Waals surface area contributed by atoms with Gasteiger partial charge in [-0.1, -0.05) is 30.3 Å². The fraction of sp³-hybridized carbons (Fsp3) is 0.467. The number of carbonyl (C=O) groups excluding carboxylic acids is 1. The van der Waals surface area contributed by atoms with Gasteiger partial charge in [0.25, 0.3) is 0 Å². The van der Waals surface area contributed by atoms with Gasteiger partial charge >= 0.3 is 5.97 Å². The van der Waals surface area contributed by atoms with Gasteiger partial charge < -0.3 is 10.0 Å². The number of likely N-dealkylation sites (N-methyl/N-ethyl adjacent to an activating group) is 1. The number of carboxylic acid groups (broad SMARTS) is 1. The third-order valence-electron chi connectivity index (χ3n) is 3.34. The maximum absolute atomic E-state index is 11.9. The summed E-state index contributed by atoms with van der Waals surface area (Å²) in [5.74, 6) is -0.00460. The number of nitrogens with zero attached hydrogens (tertiary/aromatic N) is 1. The lowest BCUT2D eigenvalue weighted by Gasteiger charge is -2.31. The largest absolute Gasteiger partial charge is 0.480 e. The molecular weight excluding hydrogens is 274 g/mol. The van der Waals surface area contributed by atoms with Crippen LogP contribution in [-0.2, 0) is 16.0 Å². The lowest BCUT2D eigenvalue weighted by atomic mass is 10.0. The summed E-state index contributed by atoms with van der Waals surface area (Å²) in [4.78, 5) is 24.3. The van der Waals surface area contributed by atoms with Crippen molar-refractivity contribution in [2.75, 3.05) is 18.6 Å². The molecule has 0 radical (unpaired) electrons. The van der Waals surface area contributed by atoms with E-state index in [0.29, 0.717) is 5.75 Å². The summed E-state index contributed by atoms with van der Waals surface area (Å²) in [6.07, 6.45) is 0.908. The second-order valence-corrected chi connectivity index (χ2v) is 6.21. The zero-order valence-corrected chi connectivity index (χ0v) is 12.9. The average Bonchev–Trinajstić information content (AvgIpc) is 2.43. The van der Waals surface area contributed by atoms with Gasteiger partial charge in [-0.25, -0.2) is 4.79 Å². The van der Waals surface area contributed by atoms with Gasteiger partial charge in [0.1, 0.15) is 5.54 Å². The SMILES string of the molecule is CN(C(=O)CSCCc1ccccc1)C(C)(C)C(=O)O. The summed E-state index contributed by atoms with van der Waals surface area (Å²) in [7, 11) is 1.54. The number of carbonyl (C=O) groups is 2. The van der Waals surface area contributed by atoms with Crippen molar-refractivity contribution in [1.29, 1.82) is 0 Å². The van der Waals surface area contributed by atoms with E-state index in [2.05, 4.69) is 12.1 Å². The van der Waals surface area contributed by atoms with Gasteiger partial charge in [0.2, 0.25) is 5.91 Å². The number of aryl methyl sites for hydroxylation is 1. The highest BCUT2D eigenvalue weighted by Crippen LogP contribution is 2.15. The molecule has 0 unspecified atom stereocenters. The van der Waals surface area contributed by atoms with E-state index in [1.807, 2.05) is 18.2 Å². The number of hydrogen-bond acceptors (Lipinski definition) is 3. The monoisotopic (exact) mass is 295 g/mol. The standard InChI is InChI=1S/C15H21NO3S/c1-15(2,14(18)19)16(3)13(17)11-20-10-9-12-7-5-4-6-8-12/h4-8H,9-11H2,1-3H3,(H,18,19). The Kier molecular flexibility index (Phi) is 6.07. The summed E-state index contributed by atoms with van der Waals surface area (Å²) in [5.41, 5.74) is 0.0727. The first-order valence-electron chi connectivity index (χ1n) is 6.47. The molecule has 20 heavy (non-hydrogen) atoms. The highest BCUT2D eigenvalue weighted by molar-refractivity contribution is 7.99. The molecule has 0 saturated heterocycles. The van der Waals surface area contributed by atoms with E-state index in [4.69, 9.17) is 5.11 Å². The molecule has 1 amide bonds. The minimum atomic E-state index is -1.17. The highest BCUT2D eigenvalue weighted by Gasteiger charge is 2.34. The van der Waals surface area contributed by atoms with E-state index >= 15 is 0 Å². The van der Waals surface area contributed by atoms with Crippen molar-refractivity contribution in [3.05, 3.63) is 35.9 Å². The number of thioether (sulfide) groups is 1. The van der Waals surface area contributed by atoms with Crippen LogP contribution in [0.4, 0.5) is 0 Å². The Morgan fingerprint density at radius 2 is 1.85 bits per heavy atom. The Labute approximate surface area is 124 Å². The van der Waals surface area contributed by atoms with Gasteiger partial charge in [0.05, 0.1) is 5.75 Å². The molecule has 4 nitrogen and oxygen atoms in total. The molecule has 1 rings (SSSR count). The number of amides is 1. The van der Waals surface area contributed by atoms with Crippen LogP contribution in [-0.4, -0.2) is 46.0 Å². The predicted octanol–water partition coefficient (Wildman–Crippen LogP) is 2.28. The predicted molar refractivity (Wildman–Crippen MR) is 82.0 cm³/mol. The quantitative estimate of drug-likeness (QED) is 0.784. The Bertz CT molecular complexity index is 459. The van der Waals surface area contributed by atoms with Gasteiger partial charge in [-0.3, -0.25) is 4.79 Å². The van der Waals surface area contributed by atoms with Crippen LogP contribution < -0.4 is 0 Å². The maximum atomic E-state index is 11.9. The van der Waals surface area contributed by atoms with Crippen molar-refractivity contribution < 1.29 is 14.7 Å². The van der Waals surface area contributed by atoms with Crippen LogP contribution in [0.15, 0.2) is 30.3 Å². The summed E-state index contributed by atoms with van der Waals surface area (Å²) in [5, 5.41) is 9.08. The lowest BCUT2D eigenvalue weighted by molar-refractivity contribution is -0.154. The molecule has 0 aliphatic heterocycles. The van der Waals surface area contributed by atoms with Gasteiger partial charge in [0.15, 0.2) is 0 Å². The summed E-state index contributed by atoms with van der Waals surface area (Å²) in [6.45, 7) is 3.06. The van der Waals surface area contributed by atoms with Crippen LogP contribution in [0.25, 0.3) is 0 Å². The van der Waals surface area contributed by atoms with Gasteiger partial charge in [-0.05, 0) is 31.6 Å². The summed E-state index contributed by atoms with van der Waals surface area (Å²) in [6, 6.07) is 10.1. The Morgan fingerprint density at radius 3 is 2.40 bits per heavy atom. The molecule has 110 valence electrons. The van der Waals surface area contributed by atoms with Crippen molar-refractivity contribution in [2.24, 2.45) is 0 Å². The third kappa shape index (κ3) is 4.56. The molecule has 0 heterocycles. The second kappa shape index (κ2) is 7.33. The molecular formula is C15H21NO3S. The normalized spacial score (nSPS) is 11.2. The smallest absolute Gasteiger partial charge is 0.329 e. The van der Waals surface area contributed by atoms with Crippen molar-refractivity contribution in [2.45, 2.75) is 25.8 Å². The first kappa shape index (κ1) is 16.6. The first-order valence-corrected chi connectivity index (χ1v) is 7.63. The zero-order valence-electron chi connectivity index (χ0n) is 12.1. The first-order chi connectivity index (χ1) is 9.35. The van der Waals surface area contributed by atoms with Crippen LogP contribution >= 0.6 is 11.8 Å². The van der Waals surface area contributed by atoms with E-state index in [1.165, 1.54) is 43.1 Å². The van der Waals surface area contributed by atoms with Crippen LogP contribution in [0, 0.1) is 0 Å². The van der Waals surface area contributed by atoms with E-state index in [1.54, 1.807) is 0 Å². The zero-order chi connectivity index (χ0) is 15.2. The topological polar surface area (TPSA) is 57.6 Å². The molecule has 0 aromatic heterocycles. The lowest BCUT2D eigenvalue weighted by Crippen LogP contribution is -2.51. The second-order valence-electron chi connectivity index (χ2n) is 5.11. The van der Waals surface area contributed by atoms with Gasteiger partial charge in [0, 0.05) is 7.05 Å². The highest BCUT2D eigenvalue weighted by atomic mass is 32.2. The molecule has 0 spiro atoms. The molecule has 5 heteroatoms. The molecule has 0 aliphatic rings. The number of hydrogen-bond donors (Lipinski definition) is 1. The van der Waals surface area contributed by atoms with E-state index in [0.717, 1.165) is 12.2 Å². The molecule has 0 aliphatic carbocycles. The van der Waals surface area contributed by atoms with Crippen LogP contribution in [0.1, 0.15) is 19.4 Å². The summed E-state index contributed by atoms with van der Waals surface area (Å²) < 4.78 is 0. The van der Waals surface area contributed by atoms with Crippen molar-refractivity contribution in [1.82, 2.24) is 4.90 Å². The molecule has 0 atom stereocenters. The fourth-order valence-corrected chi connectivity index (χ4v) is 2.44. The Balaban J connectivity index is 2.35. The molecule has 0 bridgehead atoms. The van der Waals surface area contributed by atoms with Crippen LogP contribution in [0.2, 0.25) is 0 Å². The average molecular weight is 295 g/mol. The van der Waals surface area contributed by atoms with Crippen molar-refractivity contribution in [3.63, 3.8) is 0 Å².